The first-order valence-electron chi connectivity index (χ1n) is 8.47. The fourth-order valence-corrected chi connectivity index (χ4v) is 3.16. The van der Waals surface area contributed by atoms with Crippen LogP contribution in [0.25, 0.3) is 0 Å². The van der Waals surface area contributed by atoms with Crippen molar-refractivity contribution in [2.24, 2.45) is 0 Å². The molecule has 2 atom stereocenters. The highest BCUT2D eigenvalue weighted by molar-refractivity contribution is 5.97. The smallest absolute Gasteiger partial charge is 0.258 e. The monoisotopic (exact) mass is 341 g/mol. The molecule has 132 valence electrons. The van der Waals surface area contributed by atoms with Crippen LogP contribution in [-0.2, 0) is 4.74 Å². The molecule has 0 unspecified atom stereocenters. The standard InChI is InChI=1S/C20H23NO4/c1-14-7-8-18(22)17(11-14)20(24)21-9-10-25-13-16(21)12-19(23)15-5-3-2-4-6-15/h2-8,11,16,19,22-23H,9-10,12-13H2,1H3/t16-,19+/m1/s1. The van der Waals surface area contributed by atoms with Gasteiger partial charge in [-0.15, -0.1) is 0 Å². The van der Waals surface area contributed by atoms with Gasteiger partial charge < -0.3 is 19.8 Å². The first kappa shape index (κ1) is 17.5. The molecule has 1 aliphatic rings. The first-order valence-corrected chi connectivity index (χ1v) is 8.47. The summed E-state index contributed by atoms with van der Waals surface area (Å²) in [7, 11) is 0. The zero-order valence-electron chi connectivity index (χ0n) is 14.3. The molecule has 0 aliphatic carbocycles. The summed E-state index contributed by atoms with van der Waals surface area (Å²) in [6.45, 7) is 3.16. The molecule has 1 amide bonds. The minimum absolute atomic E-state index is 0.0237. The SMILES string of the molecule is Cc1ccc(O)c(C(=O)N2CCOC[C@H]2C[C@H](O)c2ccccc2)c1. The molecule has 2 N–H and O–H groups in total. The van der Waals surface area contributed by atoms with Crippen molar-refractivity contribution in [1.82, 2.24) is 4.90 Å². The predicted octanol–water partition coefficient (Wildman–Crippen LogP) is 2.67. The zero-order valence-corrected chi connectivity index (χ0v) is 14.3. The third kappa shape index (κ3) is 4.00. The van der Waals surface area contributed by atoms with E-state index in [0.29, 0.717) is 31.7 Å². The summed E-state index contributed by atoms with van der Waals surface area (Å²) in [5, 5.41) is 20.6. The minimum atomic E-state index is -0.672. The Morgan fingerprint density at radius 1 is 1.28 bits per heavy atom. The average Bonchev–Trinajstić information content (AvgIpc) is 2.64. The highest BCUT2D eigenvalue weighted by atomic mass is 16.5. The van der Waals surface area contributed by atoms with Crippen LogP contribution in [0.5, 0.6) is 5.75 Å². The fraction of sp³-hybridized carbons (Fsp3) is 0.350. The van der Waals surface area contributed by atoms with E-state index in [9.17, 15) is 15.0 Å². The Morgan fingerprint density at radius 3 is 2.80 bits per heavy atom. The van der Waals surface area contributed by atoms with Crippen LogP contribution >= 0.6 is 0 Å². The summed E-state index contributed by atoms with van der Waals surface area (Å²) in [4.78, 5) is 14.6. The van der Waals surface area contributed by atoms with Gasteiger partial charge in [0.25, 0.3) is 5.91 Å². The number of morpholine rings is 1. The molecule has 1 saturated heterocycles. The molecule has 3 rings (SSSR count). The summed E-state index contributed by atoms with van der Waals surface area (Å²) in [6, 6.07) is 14.1. The lowest BCUT2D eigenvalue weighted by molar-refractivity contribution is -0.0175. The third-order valence-corrected chi connectivity index (χ3v) is 4.55. The van der Waals surface area contributed by atoms with Crippen LogP contribution in [-0.4, -0.2) is 46.8 Å². The number of aromatic hydroxyl groups is 1. The van der Waals surface area contributed by atoms with Gasteiger partial charge in [-0.1, -0.05) is 42.0 Å². The molecule has 0 radical (unpaired) electrons. The van der Waals surface area contributed by atoms with Crippen molar-refractivity contribution in [1.29, 1.82) is 0 Å². The predicted molar refractivity (Wildman–Crippen MR) is 94.5 cm³/mol. The summed E-state index contributed by atoms with van der Waals surface area (Å²) in [5.74, 6) is -0.251. The number of carbonyl (C=O) groups excluding carboxylic acids is 1. The average molecular weight is 341 g/mol. The van der Waals surface area contributed by atoms with E-state index in [-0.39, 0.29) is 17.7 Å². The van der Waals surface area contributed by atoms with E-state index in [1.165, 1.54) is 6.07 Å². The summed E-state index contributed by atoms with van der Waals surface area (Å²) < 4.78 is 5.52. The van der Waals surface area contributed by atoms with Gasteiger partial charge in [0.1, 0.15) is 5.75 Å². The van der Waals surface area contributed by atoms with Crippen LogP contribution in [0.4, 0.5) is 0 Å². The van der Waals surface area contributed by atoms with Gasteiger partial charge in [0, 0.05) is 13.0 Å². The largest absolute Gasteiger partial charge is 0.507 e. The van der Waals surface area contributed by atoms with Crippen LogP contribution < -0.4 is 0 Å². The van der Waals surface area contributed by atoms with Crippen LogP contribution in [0.2, 0.25) is 0 Å². The Kier molecular flexibility index (Phi) is 5.36. The number of aliphatic hydroxyl groups excluding tert-OH is 1. The van der Waals surface area contributed by atoms with Crippen LogP contribution in [0, 0.1) is 6.92 Å². The number of hydrogen-bond donors (Lipinski definition) is 2. The van der Waals surface area contributed by atoms with Crippen LogP contribution in [0.15, 0.2) is 48.5 Å². The number of phenols is 1. The molecular weight excluding hydrogens is 318 g/mol. The van der Waals surface area contributed by atoms with Gasteiger partial charge in [-0.25, -0.2) is 0 Å². The Morgan fingerprint density at radius 2 is 2.04 bits per heavy atom. The lowest BCUT2D eigenvalue weighted by atomic mass is 9.99. The molecule has 0 aromatic heterocycles. The van der Waals surface area contributed by atoms with Crippen molar-refractivity contribution in [2.45, 2.75) is 25.5 Å². The Bertz CT molecular complexity index is 732. The van der Waals surface area contributed by atoms with Crippen molar-refractivity contribution in [2.75, 3.05) is 19.8 Å². The molecule has 2 aromatic rings. The Hall–Kier alpha value is -2.37. The molecule has 25 heavy (non-hydrogen) atoms. The molecular formula is C20H23NO4. The van der Waals surface area contributed by atoms with Gasteiger partial charge in [0.2, 0.25) is 0 Å². The molecule has 0 saturated carbocycles. The second kappa shape index (κ2) is 7.68. The maximum absolute atomic E-state index is 12.9. The highest BCUT2D eigenvalue weighted by Gasteiger charge is 2.31. The van der Waals surface area contributed by atoms with E-state index >= 15 is 0 Å². The van der Waals surface area contributed by atoms with Gasteiger partial charge >= 0.3 is 0 Å². The topological polar surface area (TPSA) is 70.0 Å². The quantitative estimate of drug-likeness (QED) is 0.897. The number of nitrogens with zero attached hydrogens (tertiary/aromatic N) is 1. The van der Waals surface area contributed by atoms with E-state index in [1.54, 1.807) is 17.0 Å². The second-order valence-electron chi connectivity index (χ2n) is 6.41. The number of aliphatic hydroxyl groups is 1. The third-order valence-electron chi connectivity index (χ3n) is 4.55. The van der Waals surface area contributed by atoms with Gasteiger partial charge in [0.15, 0.2) is 0 Å². The molecule has 2 aromatic carbocycles. The van der Waals surface area contributed by atoms with Gasteiger partial charge in [0.05, 0.1) is 30.9 Å². The molecule has 0 bridgehead atoms. The molecule has 5 heteroatoms. The van der Waals surface area contributed by atoms with Crippen molar-refractivity contribution < 1.29 is 19.7 Å². The Labute approximate surface area is 147 Å². The number of carbonyl (C=O) groups is 1. The van der Waals surface area contributed by atoms with Crippen LogP contribution in [0.1, 0.15) is 34.0 Å². The summed E-state index contributed by atoms with van der Waals surface area (Å²) in [6.07, 6.45) is -0.281. The summed E-state index contributed by atoms with van der Waals surface area (Å²) >= 11 is 0. The second-order valence-corrected chi connectivity index (χ2v) is 6.41. The molecule has 5 nitrogen and oxygen atoms in total. The number of benzene rings is 2. The summed E-state index contributed by atoms with van der Waals surface area (Å²) in [5.41, 5.74) is 2.02. The van der Waals surface area contributed by atoms with Crippen molar-refractivity contribution in [3.8, 4) is 5.75 Å². The molecule has 1 fully saturated rings. The van der Waals surface area contributed by atoms with E-state index in [2.05, 4.69) is 0 Å². The highest BCUT2D eigenvalue weighted by Crippen LogP contribution is 2.26. The van der Waals surface area contributed by atoms with E-state index in [4.69, 9.17) is 4.74 Å². The molecule has 1 heterocycles. The lowest BCUT2D eigenvalue weighted by Gasteiger charge is -2.37. The number of hydrogen-bond acceptors (Lipinski definition) is 4. The fourth-order valence-electron chi connectivity index (χ4n) is 3.16. The van der Waals surface area contributed by atoms with Crippen molar-refractivity contribution in [3.05, 3.63) is 65.2 Å². The number of ether oxygens (including phenoxy) is 1. The molecule has 0 spiro atoms. The number of rotatable bonds is 4. The Balaban J connectivity index is 1.78. The molecule has 1 aliphatic heterocycles. The number of aryl methyl sites for hydroxylation is 1. The van der Waals surface area contributed by atoms with Crippen LogP contribution in [0.3, 0.4) is 0 Å². The van der Waals surface area contributed by atoms with E-state index in [1.807, 2.05) is 37.3 Å². The van der Waals surface area contributed by atoms with Gasteiger partial charge in [-0.2, -0.15) is 0 Å². The minimum Gasteiger partial charge on any atom is -0.507 e. The van der Waals surface area contributed by atoms with Crippen molar-refractivity contribution >= 4 is 5.91 Å². The maximum Gasteiger partial charge on any atom is 0.258 e. The first-order chi connectivity index (χ1) is 12.1. The zero-order chi connectivity index (χ0) is 17.8. The van der Waals surface area contributed by atoms with E-state index < -0.39 is 6.10 Å². The van der Waals surface area contributed by atoms with Crippen molar-refractivity contribution in [3.63, 3.8) is 0 Å². The lowest BCUT2D eigenvalue weighted by Crippen LogP contribution is -2.49. The number of phenolic OH excluding ortho intramolecular Hbond substituents is 1. The normalized spacial score (nSPS) is 18.8. The maximum atomic E-state index is 12.9. The van der Waals surface area contributed by atoms with E-state index in [0.717, 1.165) is 11.1 Å². The van der Waals surface area contributed by atoms with Gasteiger partial charge in [-0.05, 0) is 24.6 Å². The van der Waals surface area contributed by atoms with Gasteiger partial charge in [-0.3, -0.25) is 4.79 Å². The number of amides is 1.